The molecule has 1 aliphatic heterocycles. The molecule has 1 N–H and O–H groups in total. The lowest BCUT2D eigenvalue weighted by Crippen LogP contribution is -2.33. The fourth-order valence-electron chi connectivity index (χ4n) is 3.92. The van der Waals surface area contributed by atoms with Crippen molar-refractivity contribution in [1.29, 1.82) is 0 Å². The molecule has 136 valence electrons. The number of fused-ring (bicyclic) bond motifs is 1. The van der Waals surface area contributed by atoms with Crippen LogP contribution in [0.15, 0.2) is 53.3 Å². The number of anilines is 1. The Bertz CT molecular complexity index is 1050. The maximum absolute atomic E-state index is 13.2. The molecule has 0 amide bonds. The number of halogens is 2. The number of aromatic nitrogens is 3. The number of Topliss-reactive ketones (excluding diaryl/α,β-unsaturated/α-hetero) is 1. The molecule has 0 fully saturated rings. The Kier molecular flexibility index (Phi) is 4.07. The highest BCUT2D eigenvalue weighted by Crippen LogP contribution is 2.47. The lowest BCUT2D eigenvalue weighted by atomic mass is 9.80. The molecule has 0 unspecified atom stereocenters. The first-order valence-electron chi connectivity index (χ1n) is 8.53. The average Bonchev–Trinajstić information content (AvgIpc) is 3.32. The van der Waals surface area contributed by atoms with E-state index in [1.165, 1.54) is 11.2 Å². The number of hydrogen-bond donors (Lipinski definition) is 1. The molecule has 5 rings (SSSR count). The Hall–Kier alpha value is -2.15. The van der Waals surface area contributed by atoms with Crippen molar-refractivity contribution < 1.29 is 4.79 Å². The van der Waals surface area contributed by atoms with Crippen molar-refractivity contribution in [2.24, 2.45) is 0 Å². The average molecular weight is 417 g/mol. The molecule has 0 spiro atoms. The summed E-state index contributed by atoms with van der Waals surface area (Å²) in [5.41, 5.74) is 2.24. The van der Waals surface area contributed by atoms with E-state index in [2.05, 4.69) is 21.5 Å². The van der Waals surface area contributed by atoms with Crippen molar-refractivity contribution in [2.75, 3.05) is 5.32 Å². The van der Waals surface area contributed by atoms with Crippen LogP contribution in [0.2, 0.25) is 10.0 Å². The molecule has 8 heteroatoms. The first-order valence-corrected chi connectivity index (χ1v) is 10.2. The third-order valence-electron chi connectivity index (χ3n) is 5.08. The molecule has 0 saturated carbocycles. The third-order valence-corrected chi connectivity index (χ3v) is 6.77. The summed E-state index contributed by atoms with van der Waals surface area (Å²) >= 11 is 14.7. The van der Waals surface area contributed by atoms with Gasteiger partial charge in [-0.05, 0) is 30.0 Å². The number of carbonyl (C=O) groups excluding carboxylic acids is 1. The maximum atomic E-state index is 13.2. The normalized spacial score (nSPS) is 21.6. The molecule has 2 aromatic heterocycles. The fraction of sp³-hybridized carbons (Fsp3) is 0.211. The molecule has 3 heterocycles. The Morgan fingerprint density at radius 2 is 1.96 bits per heavy atom. The number of nitrogens with one attached hydrogen (secondary N) is 1. The van der Waals surface area contributed by atoms with Gasteiger partial charge >= 0.3 is 0 Å². The van der Waals surface area contributed by atoms with Crippen LogP contribution in [0, 0.1) is 0 Å². The van der Waals surface area contributed by atoms with Crippen molar-refractivity contribution in [3.05, 3.63) is 73.8 Å². The van der Waals surface area contributed by atoms with Crippen molar-refractivity contribution in [2.45, 2.75) is 24.8 Å². The van der Waals surface area contributed by atoms with E-state index in [1.807, 2.05) is 11.4 Å². The predicted octanol–water partition coefficient (Wildman–Crippen LogP) is 5.06. The summed E-state index contributed by atoms with van der Waals surface area (Å²) in [5, 5.41) is 10.7. The van der Waals surface area contributed by atoms with Gasteiger partial charge < -0.3 is 5.32 Å². The van der Waals surface area contributed by atoms with Crippen LogP contribution >= 0.6 is 34.5 Å². The minimum Gasteiger partial charge on any atom is -0.328 e. The zero-order valence-corrected chi connectivity index (χ0v) is 16.4. The Labute approximate surface area is 169 Å². The quantitative estimate of drug-likeness (QED) is 0.633. The van der Waals surface area contributed by atoms with Gasteiger partial charge in [0, 0.05) is 44.1 Å². The third kappa shape index (κ3) is 2.71. The number of allylic oxidation sites excluding steroid dienone is 2. The van der Waals surface area contributed by atoms with Crippen LogP contribution in [0.5, 0.6) is 0 Å². The number of ketones is 1. The number of carbonyl (C=O) groups is 1. The molecule has 2 aliphatic rings. The van der Waals surface area contributed by atoms with E-state index in [-0.39, 0.29) is 11.7 Å². The molecule has 0 saturated heterocycles. The van der Waals surface area contributed by atoms with Gasteiger partial charge in [0.2, 0.25) is 5.95 Å². The van der Waals surface area contributed by atoms with Crippen molar-refractivity contribution in [3.63, 3.8) is 0 Å². The van der Waals surface area contributed by atoms with Crippen LogP contribution < -0.4 is 5.32 Å². The molecule has 3 aromatic rings. The molecule has 27 heavy (non-hydrogen) atoms. The first kappa shape index (κ1) is 17.0. The second-order valence-corrected chi connectivity index (χ2v) is 8.42. The van der Waals surface area contributed by atoms with Crippen molar-refractivity contribution in [1.82, 2.24) is 14.8 Å². The number of benzene rings is 1. The van der Waals surface area contributed by atoms with E-state index in [0.29, 0.717) is 33.6 Å². The van der Waals surface area contributed by atoms with Gasteiger partial charge in [-0.25, -0.2) is 4.68 Å². The molecule has 0 radical (unpaired) electrons. The zero-order valence-electron chi connectivity index (χ0n) is 14.0. The molecule has 1 aromatic carbocycles. The van der Waals surface area contributed by atoms with Gasteiger partial charge in [-0.1, -0.05) is 35.3 Å². The topological polar surface area (TPSA) is 59.8 Å². The summed E-state index contributed by atoms with van der Waals surface area (Å²) in [6.45, 7) is 0. The van der Waals surface area contributed by atoms with E-state index < -0.39 is 6.04 Å². The second kappa shape index (κ2) is 6.48. The zero-order chi connectivity index (χ0) is 18.5. The standard InChI is InChI=1S/C19H14Cl2N4OS/c20-11-3-1-4-12(21)16(11)18-17-13(24-19-22-9-23-25(18)19)7-10(8-14(17)26)15-5-2-6-27-15/h1-6,9-10,18H,7-8H2,(H,22,23,24)/t10-,18-/m0/s1. The molecular weight excluding hydrogens is 403 g/mol. The summed E-state index contributed by atoms with van der Waals surface area (Å²) in [7, 11) is 0. The van der Waals surface area contributed by atoms with Crippen LogP contribution in [-0.4, -0.2) is 20.5 Å². The molecule has 0 bridgehead atoms. The van der Waals surface area contributed by atoms with Gasteiger partial charge in [-0.15, -0.1) is 11.3 Å². The van der Waals surface area contributed by atoms with E-state index in [9.17, 15) is 4.79 Å². The fourth-order valence-corrected chi connectivity index (χ4v) is 5.35. The van der Waals surface area contributed by atoms with Crippen LogP contribution in [-0.2, 0) is 4.79 Å². The first-order chi connectivity index (χ1) is 13.1. The number of rotatable bonds is 2. The highest BCUT2D eigenvalue weighted by atomic mass is 35.5. The van der Waals surface area contributed by atoms with Gasteiger partial charge in [0.25, 0.3) is 0 Å². The molecular formula is C19H14Cl2N4OS. The minimum absolute atomic E-state index is 0.0873. The predicted molar refractivity (Wildman–Crippen MR) is 107 cm³/mol. The Balaban J connectivity index is 1.67. The second-order valence-electron chi connectivity index (χ2n) is 6.63. The SMILES string of the molecule is O=C1C[C@@H](c2cccs2)CC2=C1[C@H](c1c(Cl)cccc1Cl)n1ncnc1N2. The van der Waals surface area contributed by atoms with Gasteiger partial charge in [0.05, 0.1) is 0 Å². The van der Waals surface area contributed by atoms with Crippen LogP contribution in [0.3, 0.4) is 0 Å². The van der Waals surface area contributed by atoms with Crippen LogP contribution in [0.25, 0.3) is 0 Å². The maximum Gasteiger partial charge on any atom is 0.226 e. The van der Waals surface area contributed by atoms with E-state index >= 15 is 0 Å². The van der Waals surface area contributed by atoms with E-state index in [0.717, 1.165) is 12.1 Å². The number of thiophene rings is 1. The molecule has 5 nitrogen and oxygen atoms in total. The van der Waals surface area contributed by atoms with Crippen LogP contribution in [0.1, 0.15) is 35.2 Å². The van der Waals surface area contributed by atoms with Gasteiger partial charge in [-0.2, -0.15) is 10.1 Å². The Morgan fingerprint density at radius 1 is 1.15 bits per heavy atom. The number of nitrogens with zero attached hydrogens (tertiary/aromatic N) is 3. The van der Waals surface area contributed by atoms with Gasteiger partial charge in [0.15, 0.2) is 5.78 Å². The summed E-state index contributed by atoms with van der Waals surface area (Å²) in [6, 6.07) is 8.99. The summed E-state index contributed by atoms with van der Waals surface area (Å²) < 4.78 is 1.69. The molecule has 2 atom stereocenters. The lowest BCUT2D eigenvalue weighted by molar-refractivity contribution is -0.116. The van der Waals surface area contributed by atoms with E-state index in [1.54, 1.807) is 34.2 Å². The highest BCUT2D eigenvalue weighted by molar-refractivity contribution is 7.10. The monoisotopic (exact) mass is 416 g/mol. The number of hydrogen-bond acceptors (Lipinski definition) is 5. The van der Waals surface area contributed by atoms with Crippen molar-refractivity contribution in [3.8, 4) is 0 Å². The largest absolute Gasteiger partial charge is 0.328 e. The summed E-state index contributed by atoms with van der Waals surface area (Å²) in [5.74, 6) is 0.847. The lowest BCUT2D eigenvalue weighted by Gasteiger charge is -2.35. The van der Waals surface area contributed by atoms with E-state index in [4.69, 9.17) is 23.2 Å². The van der Waals surface area contributed by atoms with Crippen molar-refractivity contribution >= 4 is 46.3 Å². The summed E-state index contributed by atoms with van der Waals surface area (Å²) in [6.07, 6.45) is 2.68. The van der Waals surface area contributed by atoms with Gasteiger partial charge in [0.1, 0.15) is 12.4 Å². The minimum atomic E-state index is -0.475. The van der Waals surface area contributed by atoms with Gasteiger partial charge in [-0.3, -0.25) is 4.79 Å². The highest BCUT2D eigenvalue weighted by Gasteiger charge is 2.40. The smallest absolute Gasteiger partial charge is 0.226 e. The molecule has 1 aliphatic carbocycles. The van der Waals surface area contributed by atoms with Crippen LogP contribution in [0.4, 0.5) is 5.95 Å². The Morgan fingerprint density at radius 3 is 2.70 bits per heavy atom. The summed E-state index contributed by atoms with van der Waals surface area (Å²) in [4.78, 5) is 18.8.